The van der Waals surface area contributed by atoms with Gasteiger partial charge in [0.25, 0.3) is 0 Å². The SMILES string of the molecule is Cc1ccc(NC2OC(=O)c3ccccc32)cc1C. The molecule has 0 saturated carbocycles. The summed E-state index contributed by atoms with van der Waals surface area (Å²) in [6.07, 6.45) is -0.397. The summed E-state index contributed by atoms with van der Waals surface area (Å²) in [6, 6.07) is 13.6. The van der Waals surface area contributed by atoms with Gasteiger partial charge in [-0.1, -0.05) is 24.3 Å². The molecule has 0 radical (unpaired) electrons. The van der Waals surface area contributed by atoms with E-state index in [1.807, 2.05) is 24.3 Å². The molecule has 1 aliphatic heterocycles. The number of cyclic esters (lactones) is 1. The number of esters is 1. The third-order valence-electron chi connectivity index (χ3n) is 3.49. The van der Waals surface area contributed by atoms with Gasteiger partial charge in [-0.15, -0.1) is 0 Å². The Morgan fingerprint density at radius 2 is 1.84 bits per heavy atom. The van der Waals surface area contributed by atoms with Crippen molar-refractivity contribution in [2.75, 3.05) is 5.32 Å². The maximum absolute atomic E-state index is 11.7. The zero-order chi connectivity index (χ0) is 13.4. The van der Waals surface area contributed by atoms with Crippen molar-refractivity contribution in [1.29, 1.82) is 0 Å². The van der Waals surface area contributed by atoms with Crippen LogP contribution in [-0.2, 0) is 4.74 Å². The monoisotopic (exact) mass is 253 g/mol. The molecule has 3 nitrogen and oxygen atoms in total. The van der Waals surface area contributed by atoms with E-state index in [9.17, 15) is 4.79 Å². The molecular formula is C16H15NO2. The second-order valence-corrected chi connectivity index (χ2v) is 4.82. The lowest BCUT2D eigenvalue weighted by Gasteiger charge is -2.15. The minimum atomic E-state index is -0.397. The molecular weight excluding hydrogens is 238 g/mol. The molecule has 19 heavy (non-hydrogen) atoms. The van der Waals surface area contributed by atoms with Crippen LogP contribution in [0.15, 0.2) is 42.5 Å². The molecule has 96 valence electrons. The normalized spacial score (nSPS) is 16.9. The van der Waals surface area contributed by atoms with Gasteiger partial charge in [-0.3, -0.25) is 0 Å². The van der Waals surface area contributed by atoms with Gasteiger partial charge in [0.05, 0.1) is 5.56 Å². The van der Waals surface area contributed by atoms with Crippen molar-refractivity contribution in [1.82, 2.24) is 0 Å². The fourth-order valence-electron chi connectivity index (χ4n) is 2.24. The maximum atomic E-state index is 11.7. The predicted octanol–water partition coefficient (Wildman–Crippen LogP) is 3.58. The number of fused-ring (bicyclic) bond motifs is 1. The molecule has 0 aromatic heterocycles. The molecule has 0 saturated heterocycles. The molecule has 2 aromatic rings. The molecule has 3 rings (SSSR count). The van der Waals surface area contributed by atoms with Crippen LogP contribution in [-0.4, -0.2) is 5.97 Å². The Bertz CT molecular complexity index is 649. The highest BCUT2D eigenvalue weighted by Crippen LogP contribution is 2.31. The number of carbonyl (C=O) groups is 1. The van der Waals surface area contributed by atoms with E-state index < -0.39 is 6.23 Å². The molecule has 1 aliphatic rings. The topological polar surface area (TPSA) is 38.3 Å². The minimum absolute atomic E-state index is 0.267. The number of ether oxygens (including phenoxy) is 1. The van der Waals surface area contributed by atoms with E-state index in [2.05, 4.69) is 31.3 Å². The predicted molar refractivity (Wildman–Crippen MR) is 74.1 cm³/mol. The second-order valence-electron chi connectivity index (χ2n) is 4.82. The van der Waals surface area contributed by atoms with Crippen LogP contribution in [0, 0.1) is 13.8 Å². The van der Waals surface area contributed by atoms with Crippen LogP contribution in [0.25, 0.3) is 0 Å². The molecule has 0 spiro atoms. The lowest BCUT2D eigenvalue weighted by Crippen LogP contribution is -2.10. The highest BCUT2D eigenvalue weighted by Gasteiger charge is 2.30. The summed E-state index contributed by atoms with van der Waals surface area (Å²) < 4.78 is 5.36. The van der Waals surface area contributed by atoms with E-state index in [-0.39, 0.29) is 5.97 Å². The Hall–Kier alpha value is -2.29. The Morgan fingerprint density at radius 1 is 1.05 bits per heavy atom. The van der Waals surface area contributed by atoms with Gasteiger partial charge in [-0.05, 0) is 43.2 Å². The van der Waals surface area contributed by atoms with Crippen molar-refractivity contribution in [2.45, 2.75) is 20.1 Å². The fraction of sp³-hybridized carbons (Fsp3) is 0.188. The third-order valence-corrected chi connectivity index (χ3v) is 3.49. The highest BCUT2D eigenvalue weighted by atomic mass is 16.6. The average Bonchev–Trinajstić information content (AvgIpc) is 2.72. The largest absolute Gasteiger partial charge is 0.434 e. The smallest absolute Gasteiger partial charge is 0.340 e. The number of nitrogens with one attached hydrogen (secondary N) is 1. The molecule has 1 atom stereocenters. The van der Waals surface area contributed by atoms with Crippen molar-refractivity contribution < 1.29 is 9.53 Å². The molecule has 1 heterocycles. The Balaban J connectivity index is 1.89. The van der Waals surface area contributed by atoms with E-state index >= 15 is 0 Å². The van der Waals surface area contributed by atoms with E-state index in [0.29, 0.717) is 5.56 Å². The lowest BCUT2D eigenvalue weighted by atomic mass is 10.1. The van der Waals surface area contributed by atoms with Gasteiger partial charge in [0.1, 0.15) is 0 Å². The fourth-order valence-corrected chi connectivity index (χ4v) is 2.24. The summed E-state index contributed by atoms with van der Waals surface area (Å²) in [5.74, 6) is -0.267. The first-order valence-corrected chi connectivity index (χ1v) is 6.29. The maximum Gasteiger partial charge on any atom is 0.340 e. The number of carbonyl (C=O) groups excluding carboxylic acids is 1. The zero-order valence-corrected chi connectivity index (χ0v) is 10.9. The highest BCUT2D eigenvalue weighted by molar-refractivity contribution is 5.94. The molecule has 0 bridgehead atoms. The van der Waals surface area contributed by atoms with E-state index in [4.69, 9.17) is 4.74 Å². The lowest BCUT2D eigenvalue weighted by molar-refractivity contribution is 0.0437. The van der Waals surface area contributed by atoms with Gasteiger partial charge in [0.15, 0.2) is 0 Å². The molecule has 2 aromatic carbocycles. The van der Waals surface area contributed by atoms with Gasteiger partial charge in [0, 0.05) is 11.3 Å². The van der Waals surface area contributed by atoms with Gasteiger partial charge in [-0.25, -0.2) is 4.79 Å². The summed E-state index contributed by atoms with van der Waals surface area (Å²) >= 11 is 0. The molecule has 1 unspecified atom stereocenters. The van der Waals surface area contributed by atoms with Gasteiger partial charge < -0.3 is 10.1 Å². The molecule has 0 amide bonds. The van der Waals surface area contributed by atoms with Gasteiger partial charge in [-0.2, -0.15) is 0 Å². The Morgan fingerprint density at radius 3 is 2.63 bits per heavy atom. The first kappa shape index (κ1) is 11.8. The van der Waals surface area contributed by atoms with Gasteiger partial charge >= 0.3 is 5.97 Å². The molecule has 0 aliphatic carbocycles. The second kappa shape index (κ2) is 4.43. The minimum Gasteiger partial charge on any atom is -0.434 e. The van der Waals surface area contributed by atoms with Crippen LogP contribution in [0.4, 0.5) is 5.69 Å². The summed E-state index contributed by atoms with van der Waals surface area (Å²) in [5.41, 5.74) is 4.95. The summed E-state index contributed by atoms with van der Waals surface area (Å²) in [6.45, 7) is 4.14. The van der Waals surface area contributed by atoms with Crippen LogP contribution >= 0.6 is 0 Å². The number of benzene rings is 2. The van der Waals surface area contributed by atoms with Crippen LogP contribution in [0.3, 0.4) is 0 Å². The first-order chi connectivity index (χ1) is 9.15. The van der Waals surface area contributed by atoms with Crippen molar-refractivity contribution in [2.24, 2.45) is 0 Å². The quantitative estimate of drug-likeness (QED) is 0.831. The molecule has 1 N–H and O–H groups in total. The molecule has 0 fully saturated rings. The Kier molecular flexibility index (Phi) is 2.75. The summed E-state index contributed by atoms with van der Waals surface area (Å²) in [7, 11) is 0. The zero-order valence-electron chi connectivity index (χ0n) is 10.9. The number of anilines is 1. The summed E-state index contributed by atoms with van der Waals surface area (Å²) in [4.78, 5) is 11.7. The average molecular weight is 253 g/mol. The van der Waals surface area contributed by atoms with Crippen molar-refractivity contribution in [3.05, 3.63) is 64.7 Å². The number of rotatable bonds is 2. The Labute approximate surface area is 112 Å². The van der Waals surface area contributed by atoms with Crippen LogP contribution < -0.4 is 5.32 Å². The first-order valence-electron chi connectivity index (χ1n) is 6.29. The number of hydrogen-bond donors (Lipinski definition) is 1. The van der Waals surface area contributed by atoms with Gasteiger partial charge in [0.2, 0.25) is 6.23 Å². The van der Waals surface area contributed by atoms with E-state index in [1.165, 1.54) is 11.1 Å². The van der Waals surface area contributed by atoms with Crippen LogP contribution in [0.1, 0.15) is 33.3 Å². The number of aryl methyl sites for hydroxylation is 2. The number of hydrogen-bond acceptors (Lipinski definition) is 3. The van der Waals surface area contributed by atoms with Crippen LogP contribution in [0.5, 0.6) is 0 Å². The summed E-state index contributed by atoms with van der Waals surface area (Å²) in [5, 5.41) is 3.25. The van der Waals surface area contributed by atoms with Crippen LogP contribution in [0.2, 0.25) is 0 Å². The van der Waals surface area contributed by atoms with E-state index in [1.54, 1.807) is 6.07 Å². The van der Waals surface area contributed by atoms with Crippen molar-refractivity contribution in [3.8, 4) is 0 Å². The van der Waals surface area contributed by atoms with Crippen molar-refractivity contribution >= 4 is 11.7 Å². The molecule has 3 heteroatoms. The van der Waals surface area contributed by atoms with E-state index in [0.717, 1.165) is 11.3 Å². The third kappa shape index (κ3) is 2.08. The standard InChI is InChI=1S/C16H15NO2/c1-10-7-8-12(9-11(10)2)17-15-13-5-3-4-6-14(13)16(18)19-15/h3-9,15,17H,1-2H3. The van der Waals surface area contributed by atoms with Crippen molar-refractivity contribution in [3.63, 3.8) is 0 Å².